The van der Waals surface area contributed by atoms with Crippen LogP contribution in [0.5, 0.6) is 5.75 Å². The molecule has 9 heteroatoms. The Morgan fingerprint density at radius 2 is 2.07 bits per heavy atom. The number of nitrogens with one attached hydrogen (secondary N) is 2. The Morgan fingerprint density at radius 1 is 1.24 bits per heavy atom. The number of tetrazole rings is 1. The SMILES string of the molecule is COc1cc2[nH]c(=O)c(C(C)Nc3cccc(-n4nnnc4C)c3)cc2cc1Cl. The Labute approximate surface area is 171 Å². The lowest BCUT2D eigenvalue weighted by atomic mass is 10.1. The Bertz CT molecular complexity index is 1250. The van der Waals surface area contributed by atoms with E-state index in [0.717, 1.165) is 16.8 Å². The maximum absolute atomic E-state index is 12.6. The molecule has 1 unspecified atom stereocenters. The minimum atomic E-state index is -0.241. The van der Waals surface area contributed by atoms with Crippen molar-refractivity contribution in [1.29, 1.82) is 0 Å². The van der Waals surface area contributed by atoms with E-state index in [1.165, 1.54) is 7.11 Å². The molecule has 4 aromatic rings. The van der Waals surface area contributed by atoms with E-state index < -0.39 is 0 Å². The molecule has 0 bridgehead atoms. The topological polar surface area (TPSA) is 97.7 Å². The molecule has 4 rings (SSSR count). The number of hydrogen-bond acceptors (Lipinski definition) is 6. The second-order valence-corrected chi connectivity index (χ2v) is 7.09. The number of nitrogens with zero attached hydrogens (tertiary/aromatic N) is 4. The predicted octanol–water partition coefficient (Wildman–Crippen LogP) is 3.65. The smallest absolute Gasteiger partial charge is 0.253 e. The van der Waals surface area contributed by atoms with E-state index in [2.05, 4.69) is 25.8 Å². The van der Waals surface area contributed by atoms with E-state index in [-0.39, 0.29) is 11.6 Å². The summed E-state index contributed by atoms with van der Waals surface area (Å²) in [5.41, 5.74) is 2.77. The Morgan fingerprint density at radius 3 is 2.79 bits per heavy atom. The molecule has 2 aromatic heterocycles. The van der Waals surface area contributed by atoms with Gasteiger partial charge in [-0.3, -0.25) is 4.79 Å². The van der Waals surface area contributed by atoms with Crippen molar-refractivity contribution in [3.63, 3.8) is 0 Å². The first-order valence-electron chi connectivity index (χ1n) is 8.98. The average molecular weight is 411 g/mol. The summed E-state index contributed by atoms with van der Waals surface area (Å²) < 4.78 is 6.86. The molecular weight excluding hydrogens is 392 g/mol. The third-order valence-corrected chi connectivity index (χ3v) is 5.01. The lowest BCUT2D eigenvalue weighted by molar-refractivity contribution is 0.415. The molecule has 2 N–H and O–H groups in total. The number of aromatic nitrogens is 5. The van der Waals surface area contributed by atoms with Gasteiger partial charge in [-0.2, -0.15) is 4.68 Å². The minimum Gasteiger partial charge on any atom is -0.495 e. The Hall–Kier alpha value is -3.39. The first-order valence-corrected chi connectivity index (χ1v) is 9.36. The quantitative estimate of drug-likeness (QED) is 0.521. The predicted molar refractivity (Wildman–Crippen MR) is 112 cm³/mol. The van der Waals surface area contributed by atoms with E-state index in [4.69, 9.17) is 16.3 Å². The van der Waals surface area contributed by atoms with Gasteiger partial charge in [-0.15, -0.1) is 5.10 Å². The Balaban J connectivity index is 1.66. The maximum Gasteiger partial charge on any atom is 0.253 e. The standard InChI is InChI=1S/C20H19ClN6O2/c1-11(22-14-5-4-6-15(9-14)27-12(2)24-25-26-27)16-7-13-8-17(21)19(29-3)10-18(13)23-20(16)28/h4-11,22H,1-3H3,(H,23,28). The minimum absolute atomic E-state index is 0.172. The summed E-state index contributed by atoms with van der Waals surface area (Å²) in [7, 11) is 1.54. The van der Waals surface area contributed by atoms with Crippen LogP contribution in [0.15, 0.2) is 47.3 Å². The molecule has 0 amide bonds. The van der Waals surface area contributed by atoms with Gasteiger partial charge in [-0.1, -0.05) is 17.7 Å². The second kappa shape index (κ2) is 7.56. The fourth-order valence-corrected chi connectivity index (χ4v) is 3.48. The summed E-state index contributed by atoms with van der Waals surface area (Å²) in [5, 5.41) is 16.2. The number of anilines is 1. The molecule has 0 radical (unpaired) electrons. The summed E-state index contributed by atoms with van der Waals surface area (Å²) in [5.74, 6) is 1.21. The summed E-state index contributed by atoms with van der Waals surface area (Å²) in [6, 6.07) is 12.8. The van der Waals surface area contributed by atoms with Gasteiger partial charge >= 0.3 is 0 Å². The molecule has 1 atom stereocenters. The number of rotatable bonds is 5. The molecular formula is C20H19ClN6O2. The van der Waals surface area contributed by atoms with Crippen molar-refractivity contribution in [1.82, 2.24) is 25.2 Å². The van der Waals surface area contributed by atoms with Gasteiger partial charge in [-0.05, 0) is 54.6 Å². The summed E-state index contributed by atoms with van der Waals surface area (Å²) in [6.07, 6.45) is 0. The monoisotopic (exact) mass is 410 g/mol. The number of ether oxygens (including phenoxy) is 1. The highest BCUT2D eigenvalue weighted by Crippen LogP contribution is 2.29. The molecule has 148 valence electrons. The Kier molecular flexibility index (Phi) is 4.94. The van der Waals surface area contributed by atoms with Crippen LogP contribution >= 0.6 is 11.6 Å². The highest BCUT2D eigenvalue weighted by atomic mass is 35.5. The van der Waals surface area contributed by atoms with Crippen molar-refractivity contribution in [2.24, 2.45) is 0 Å². The number of benzene rings is 2. The maximum atomic E-state index is 12.6. The summed E-state index contributed by atoms with van der Waals surface area (Å²) in [4.78, 5) is 15.6. The van der Waals surface area contributed by atoms with Gasteiger partial charge < -0.3 is 15.0 Å². The van der Waals surface area contributed by atoms with E-state index in [0.29, 0.717) is 27.7 Å². The van der Waals surface area contributed by atoms with E-state index in [1.807, 2.05) is 44.2 Å². The highest BCUT2D eigenvalue weighted by Gasteiger charge is 2.14. The van der Waals surface area contributed by atoms with Gasteiger partial charge in [0.05, 0.1) is 29.4 Å². The first kappa shape index (κ1) is 18.9. The summed E-state index contributed by atoms with van der Waals surface area (Å²) >= 11 is 6.23. The zero-order chi connectivity index (χ0) is 20.5. The third-order valence-electron chi connectivity index (χ3n) is 4.71. The van der Waals surface area contributed by atoms with Crippen LogP contribution in [-0.4, -0.2) is 32.3 Å². The molecule has 0 spiro atoms. The van der Waals surface area contributed by atoms with Crippen molar-refractivity contribution in [2.75, 3.05) is 12.4 Å². The van der Waals surface area contributed by atoms with Crippen molar-refractivity contribution < 1.29 is 4.74 Å². The lowest BCUT2D eigenvalue weighted by Gasteiger charge is -2.16. The first-order chi connectivity index (χ1) is 14.0. The summed E-state index contributed by atoms with van der Waals surface area (Å²) in [6.45, 7) is 3.76. The van der Waals surface area contributed by atoms with Gasteiger partial charge in [0.15, 0.2) is 5.82 Å². The molecule has 0 saturated heterocycles. The van der Waals surface area contributed by atoms with Crippen molar-refractivity contribution in [3.8, 4) is 11.4 Å². The van der Waals surface area contributed by atoms with Crippen LogP contribution in [-0.2, 0) is 0 Å². The molecule has 2 heterocycles. The average Bonchev–Trinajstić information content (AvgIpc) is 3.13. The van der Waals surface area contributed by atoms with Gasteiger partial charge in [0.1, 0.15) is 5.75 Å². The number of aryl methyl sites for hydroxylation is 1. The van der Waals surface area contributed by atoms with Crippen molar-refractivity contribution in [3.05, 3.63) is 69.2 Å². The molecule has 0 fully saturated rings. The number of pyridine rings is 1. The van der Waals surface area contributed by atoms with Crippen LogP contribution in [0.2, 0.25) is 5.02 Å². The molecule has 2 aromatic carbocycles. The number of aromatic amines is 1. The van der Waals surface area contributed by atoms with Gasteiger partial charge in [0.25, 0.3) is 5.56 Å². The van der Waals surface area contributed by atoms with E-state index in [9.17, 15) is 4.79 Å². The van der Waals surface area contributed by atoms with Gasteiger partial charge in [-0.25, -0.2) is 0 Å². The fourth-order valence-electron chi connectivity index (χ4n) is 3.23. The second-order valence-electron chi connectivity index (χ2n) is 6.68. The van der Waals surface area contributed by atoms with Crippen LogP contribution in [0.4, 0.5) is 5.69 Å². The van der Waals surface area contributed by atoms with Crippen LogP contribution < -0.4 is 15.6 Å². The van der Waals surface area contributed by atoms with Gasteiger partial charge in [0.2, 0.25) is 0 Å². The third kappa shape index (κ3) is 3.66. The number of hydrogen-bond donors (Lipinski definition) is 2. The normalized spacial score (nSPS) is 12.1. The number of methoxy groups -OCH3 is 1. The molecule has 0 aliphatic rings. The largest absolute Gasteiger partial charge is 0.495 e. The number of halogens is 1. The highest BCUT2D eigenvalue weighted by molar-refractivity contribution is 6.32. The zero-order valence-electron chi connectivity index (χ0n) is 16.1. The zero-order valence-corrected chi connectivity index (χ0v) is 16.9. The molecule has 29 heavy (non-hydrogen) atoms. The van der Waals surface area contributed by atoms with Crippen LogP contribution in [0.3, 0.4) is 0 Å². The van der Waals surface area contributed by atoms with Crippen molar-refractivity contribution in [2.45, 2.75) is 19.9 Å². The van der Waals surface area contributed by atoms with Crippen LogP contribution in [0.1, 0.15) is 24.4 Å². The molecule has 0 aliphatic carbocycles. The van der Waals surface area contributed by atoms with E-state index in [1.54, 1.807) is 16.8 Å². The fraction of sp³-hybridized carbons (Fsp3) is 0.200. The van der Waals surface area contributed by atoms with E-state index >= 15 is 0 Å². The van der Waals surface area contributed by atoms with Crippen molar-refractivity contribution >= 4 is 28.2 Å². The van der Waals surface area contributed by atoms with Crippen LogP contribution in [0, 0.1) is 6.92 Å². The molecule has 8 nitrogen and oxygen atoms in total. The molecule has 0 aliphatic heterocycles. The number of H-pyrrole nitrogens is 1. The number of fused-ring (bicyclic) bond motifs is 1. The molecule has 0 saturated carbocycles. The lowest BCUT2D eigenvalue weighted by Crippen LogP contribution is -2.19. The van der Waals surface area contributed by atoms with Gasteiger partial charge in [0, 0.05) is 22.7 Å². The van der Waals surface area contributed by atoms with Crippen LogP contribution in [0.25, 0.3) is 16.6 Å².